The van der Waals surface area contributed by atoms with Crippen LogP contribution in [0.5, 0.6) is 23.0 Å². The van der Waals surface area contributed by atoms with Crippen LogP contribution in [0.2, 0.25) is 0 Å². The average molecular weight is 576 g/mol. The third kappa shape index (κ3) is 17.3. The fourth-order valence-corrected chi connectivity index (χ4v) is 3.37. The van der Waals surface area contributed by atoms with Gasteiger partial charge in [-0.15, -0.1) is 0 Å². The molecule has 0 fully saturated rings. The first-order chi connectivity index (χ1) is 19.5. The van der Waals surface area contributed by atoms with Gasteiger partial charge in [0.1, 0.15) is 12.2 Å². The lowest BCUT2D eigenvalue weighted by Crippen LogP contribution is -2.07. The fourth-order valence-electron chi connectivity index (χ4n) is 3.37. The Morgan fingerprint density at radius 3 is 1.78 bits per heavy atom. The maximum absolute atomic E-state index is 11.3. The number of ketones is 1. The van der Waals surface area contributed by atoms with E-state index in [2.05, 4.69) is 4.74 Å². The van der Waals surface area contributed by atoms with E-state index in [4.69, 9.17) is 19.9 Å². The van der Waals surface area contributed by atoms with Crippen LogP contribution in [0.4, 0.5) is 0 Å². The van der Waals surface area contributed by atoms with Crippen LogP contribution in [0.3, 0.4) is 0 Å². The number of ether oxygens (including phenoxy) is 4. The van der Waals surface area contributed by atoms with E-state index in [1.54, 1.807) is 38.1 Å². The Morgan fingerprint density at radius 2 is 1.34 bits per heavy atom. The van der Waals surface area contributed by atoms with Crippen molar-refractivity contribution in [2.75, 3.05) is 34.0 Å². The summed E-state index contributed by atoms with van der Waals surface area (Å²) in [5.74, 6) is 0.421. The largest absolute Gasteiger partial charge is 0.504 e. The molecule has 0 amide bonds. The molecule has 0 saturated heterocycles. The molecule has 2 rings (SSSR count). The molecule has 0 aromatic heterocycles. The third-order valence-electron chi connectivity index (χ3n) is 5.31. The van der Waals surface area contributed by atoms with Crippen LogP contribution in [0.25, 0.3) is 0 Å². The molecule has 0 radical (unpaired) electrons. The Hall–Kier alpha value is -4.05. The molecule has 228 valence electrons. The van der Waals surface area contributed by atoms with Crippen molar-refractivity contribution in [1.29, 1.82) is 0 Å². The van der Waals surface area contributed by atoms with E-state index in [0.717, 1.165) is 42.4 Å². The molecular formula is C31H45NO9. The maximum atomic E-state index is 11.3. The van der Waals surface area contributed by atoms with E-state index in [1.165, 1.54) is 21.1 Å². The highest BCUT2D eigenvalue weighted by Crippen LogP contribution is 2.27. The zero-order chi connectivity index (χ0) is 31.2. The van der Waals surface area contributed by atoms with E-state index in [1.807, 2.05) is 25.1 Å². The normalized spacial score (nSPS) is 10.3. The van der Waals surface area contributed by atoms with Crippen LogP contribution in [0.15, 0.2) is 48.0 Å². The van der Waals surface area contributed by atoms with Gasteiger partial charge in [0.15, 0.2) is 23.0 Å². The Morgan fingerprint density at radius 1 is 0.829 bits per heavy atom. The summed E-state index contributed by atoms with van der Waals surface area (Å²) in [6, 6.07) is 10.6. The number of hydrogen-bond donors (Lipinski definition) is 3. The van der Waals surface area contributed by atoms with Crippen LogP contribution < -0.4 is 15.2 Å². The minimum absolute atomic E-state index is 0.103. The summed E-state index contributed by atoms with van der Waals surface area (Å²) in [5.41, 5.74) is 8.57. The lowest BCUT2D eigenvalue weighted by molar-refractivity contribution is -0.145. The van der Waals surface area contributed by atoms with Gasteiger partial charge in [-0.2, -0.15) is 0 Å². The molecule has 0 unspecified atom stereocenters. The zero-order valence-corrected chi connectivity index (χ0v) is 25.0. The highest BCUT2D eigenvalue weighted by atomic mass is 16.5. The summed E-state index contributed by atoms with van der Waals surface area (Å²) in [6.45, 7) is 8.12. The number of esters is 2. The van der Waals surface area contributed by atoms with Crippen LogP contribution in [-0.4, -0.2) is 61.9 Å². The maximum Gasteiger partial charge on any atom is 0.330 e. The Labute approximate surface area is 243 Å². The van der Waals surface area contributed by atoms with Gasteiger partial charge >= 0.3 is 11.9 Å². The number of aromatic hydroxyl groups is 2. The van der Waals surface area contributed by atoms with Crippen molar-refractivity contribution < 1.29 is 43.5 Å². The molecule has 0 aliphatic rings. The monoisotopic (exact) mass is 575 g/mol. The molecule has 0 aliphatic heterocycles. The molecule has 0 aliphatic carbocycles. The second-order valence-corrected chi connectivity index (χ2v) is 8.83. The van der Waals surface area contributed by atoms with Crippen molar-refractivity contribution in [2.45, 2.75) is 59.8 Å². The number of methoxy groups -OCH3 is 2. The first-order valence-electron chi connectivity index (χ1n) is 13.4. The summed E-state index contributed by atoms with van der Waals surface area (Å²) in [5, 5.41) is 18.8. The summed E-state index contributed by atoms with van der Waals surface area (Å²) in [4.78, 5) is 31.9. The molecule has 0 heterocycles. The predicted octanol–water partition coefficient (Wildman–Crippen LogP) is 4.66. The molecular weight excluding hydrogens is 530 g/mol. The van der Waals surface area contributed by atoms with Crippen molar-refractivity contribution in [3.05, 3.63) is 59.2 Å². The van der Waals surface area contributed by atoms with E-state index in [9.17, 15) is 24.6 Å². The highest BCUT2D eigenvalue weighted by molar-refractivity contribution is 5.94. The number of nitrogens with two attached hydrogens (primary N) is 1. The van der Waals surface area contributed by atoms with Gasteiger partial charge in [-0.05, 0) is 95.3 Å². The summed E-state index contributed by atoms with van der Waals surface area (Å²) >= 11 is 0. The van der Waals surface area contributed by atoms with E-state index < -0.39 is 5.97 Å². The minimum Gasteiger partial charge on any atom is -0.504 e. The fraction of sp³-hybridized carbons (Fsp3) is 0.452. The number of aryl methyl sites for hydroxylation is 1. The number of allylic oxidation sites excluding steroid dienone is 1. The van der Waals surface area contributed by atoms with Gasteiger partial charge in [-0.3, -0.25) is 9.59 Å². The van der Waals surface area contributed by atoms with Crippen LogP contribution in [-0.2, 0) is 36.7 Å². The van der Waals surface area contributed by atoms with Crippen molar-refractivity contribution in [3.63, 3.8) is 0 Å². The number of benzene rings is 2. The molecule has 0 saturated carbocycles. The van der Waals surface area contributed by atoms with Gasteiger partial charge in [0.25, 0.3) is 0 Å². The lowest BCUT2D eigenvalue weighted by atomic mass is 10.0. The van der Waals surface area contributed by atoms with Gasteiger partial charge in [-0.25, -0.2) is 4.79 Å². The SMILES string of the molecule is CCOC(=O)/C=C(\C)CCCc1ccc(O)c(OC)c1.CCOC(=O)CC(C)=O.COc1cc(CCN)ccc1O. The number of Topliss-reactive ketones (excluding diaryl/α,β-unsaturated/α-hetero) is 1. The van der Waals surface area contributed by atoms with E-state index >= 15 is 0 Å². The number of phenolic OH excluding ortho intramolecular Hbond substituents is 2. The Bertz CT molecular complexity index is 1110. The number of hydrogen-bond acceptors (Lipinski definition) is 10. The predicted molar refractivity (Wildman–Crippen MR) is 157 cm³/mol. The van der Waals surface area contributed by atoms with Crippen molar-refractivity contribution in [2.24, 2.45) is 5.73 Å². The van der Waals surface area contributed by atoms with Crippen LogP contribution in [0.1, 0.15) is 58.1 Å². The van der Waals surface area contributed by atoms with E-state index in [0.29, 0.717) is 31.3 Å². The smallest absolute Gasteiger partial charge is 0.330 e. The van der Waals surface area contributed by atoms with Crippen LogP contribution >= 0.6 is 0 Å². The Balaban J connectivity index is 0.000000646. The number of carbonyl (C=O) groups excluding carboxylic acids is 3. The highest BCUT2D eigenvalue weighted by Gasteiger charge is 2.05. The molecule has 2 aromatic rings. The van der Waals surface area contributed by atoms with Crippen molar-refractivity contribution in [1.82, 2.24) is 0 Å². The molecule has 0 bridgehead atoms. The zero-order valence-electron chi connectivity index (χ0n) is 25.0. The quantitative estimate of drug-likeness (QED) is 0.174. The van der Waals surface area contributed by atoms with E-state index in [-0.39, 0.29) is 29.7 Å². The van der Waals surface area contributed by atoms with Gasteiger partial charge in [-0.1, -0.05) is 17.7 Å². The number of carbonyl (C=O) groups is 3. The third-order valence-corrected chi connectivity index (χ3v) is 5.31. The topological polar surface area (TPSA) is 155 Å². The number of rotatable bonds is 13. The Kier molecular flexibility index (Phi) is 19.6. The minimum atomic E-state index is -0.440. The second-order valence-electron chi connectivity index (χ2n) is 8.83. The molecule has 2 aromatic carbocycles. The molecule has 0 atom stereocenters. The first-order valence-corrected chi connectivity index (χ1v) is 13.4. The van der Waals surface area contributed by atoms with Crippen molar-refractivity contribution >= 4 is 17.7 Å². The molecule has 4 N–H and O–H groups in total. The first kappa shape index (κ1) is 37.0. The van der Waals surface area contributed by atoms with Gasteiger partial charge in [0.05, 0.1) is 27.4 Å². The number of phenols is 2. The van der Waals surface area contributed by atoms with Gasteiger partial charge in [0, 0.05) is 6.08 Å². The average Bonchev–Trinajstić information content (AvgIpc) is 2.91. The summed E-state index contributed by atoms with van der Waals surface area (Å²) in [7, 11) is 3.06. The molecule has 0 spiro atoms. The lowest BCUT2D eigenvalue weighted by Gasteiger charge is -2.07. The van der Waals surface area contributed by atoms with Crippen LogP contribution in [0, 0.1) is 0 Å². The second kappa shape index (κ2) is 21.7. The summed E-state index contributed by atoms with van der Waals surface area (Å²) < 4.78 is 19.4. The molecule has 41 heavy (non-hydrogen) atoms. The van der Waals surface area contributed by atoms with Gasteiger partial charge < -0.3 is 34.9 Å². The standard InChI is InChI=1S/C16H22O4.C9H13NO2.C6H10O3/c1-4-20-16(18)10-12(2)6-5-7-13-8-9-14(17)15(11-13)19-3;1-12-9-6-7(4-5-10)2-3-8(9)11;1-3-9-6(8)4-5(2)7/h8-11,17H,4-7H2,1-3H3;2-3,6,11H,4-5,10H2,1H3;3-4H2,1-2H3/b12-10+;;. The summed E-state index contributed by atoms with van der Waals surface area (Å²) in [6.07, 6.45) is 4.87. The molecule has 10 heteroatoms. The van der Waals surface area contributed by atoms with Gasteiger partial charge in [0.2, 0.25) is 0 Å². The van der Waals surface area contributed by atoms with Crippen molar-refractivity contribution in [3.8, 4) is 23.0 Å². The molecule has 10 nitrogen and oxygen atoms in total.